The summed E-state index contributed by atoms with van der Waals surface area (Å²) in [5.41, 5.74) is 3.59. The number of aromatic nitrogens is 2. The molecule has 0 saturated heterocycles. The molecule has 0 saturated carbocycles. The molecule has 0 bridgehead atoms. The van der Waals surface area contributed by atoms with Crippen molar-refractivity contribution in [3.63, 3.8) is 0 Å². The first-order chi connectivity index (χ1) is 7.74. The van der Waals surface area contributed by atoms with Gasteiger partial charge in [-0.15, -0.1) is 0 Å². The maximum Gasteiger partial charge on any atom is 0.153 e. The Hall–Kier alpha value is -1.90. The molecule has 3 heteroatoms. The third kappa shape index (κ3) is 1.89. The van der Waals surface area contributed by atoms with E-state index >= 15 is 0 Å². The Morgan fingerprint density at radius 1 is 1.31 bits per heavy atom. The number of carbonyl (C=O) groups excluding carboxylic acids is 1. The quantitative estimate of drug-likeness (QED) is 0.736. The van der Waals surface area contributed by atoms with Crippen molar-refractivity contribution in [2.24, 2.45) is 0 Å². The standard InChI is InChI=1S/C13H14N2O/c1-3-15-8-12(9-16)13(14-15)11-6-4-10(2)5-7-11/h4-9H,3H2,1-2H3. The molecule has 0 aliphatic rings. The third-order valence-corrected chi connectivity index (χ3v) is 2.57. The van der Waals surface area contributed by atoms with E-state index in [4.69, 9.17) is 0 Å². The second-order valence-electron chi connectivity index (χ2n) is 3.77. The van der Waals surface area contributed by atoms with E-state index in [0.29, 0.717) is 5.56 Å². The summed E-state index contributed by atoms with van der Waals surface area (Å²) >= 11 is 0. The van der Waals surface area contributed by atoms with Crippen LogP contribution in [0.3, 0.4) is 0 Å². The minimum Gasteiger partial charge on any atom is -0.298 e. The molecule has 0 atom stereocenters. The van der Waals surface area contributed by atoms with E-state index in [1.165, 1.54) is 5.56 Å². The van der Waals surface area contributed by atoms with Crippen molar-refractivity contribution in [2.75, 3.05) is 0 Å². The Bertz CT molecular complexity index is 497. The van der Waals surface area contributed by atoms with Crippen molar-refractivity contribution in [1.29, 1.82) is 0 Å². The SMILES string of the molecule is CCn1cc(C=O)c(-c2ccc(C)cc2)n1. The van der Waals surface area contributed by atoms with Crippen molar-refractivity contribution in [1.82, 2.24) is 9.78 Å². The topological polar surface area (TPSA) is 34.9 Å². The lowest BCUT2D eigenvalue weighted by Crippen LogP contribution is -1.93. The molecule has 82 valence electrons. The molecule has 0 aliphatic carbocycles. The van der Waals surface area contributed by atoms with Crippen molar-refractivity contribution in [2.45, 2.75) is 20.4 Å². The summed E-state index contributed by atoms with van der Waals surface area (Å²) in [5, 5.41) is 4.38. The molecule has 0 N–H and O–H groups in total. The summed E-state index contributed by atoms with van der Waals surface area (Å²) in [4.78, 5) is 10.9. The maximum absolute atomic E-state index is 10.9. The summed E-state index contributed by atoms with van der Waals surface area (Å²) in [6, 6.07) is 8.03. The van der Waals surface area contributed by atoms with Gasteiger partial charge in [0.25, 0.3) is 0 Å². The largest absolute Gasteiger partial charge is 0.298 e. The first-order valence-electron chi connectivity index (χ1n) is 5.34. The number of carbonyl (C=O) groups is 1. The third-order valence-electron chi connectivity index (χ3n) is 2.57. The molecule has 2 aromatic rings. The van der Waals surface area contributed by atoms with Gasteiger partial charge in [-0.2, -0.15) is 5.10 Å². The second-order valence-corrected chi connectivity index (χ2v) is 3.77. The normalized spacial score (nSPS) is 10.4. The van der Waals surface area contributed by atoms with Gasteiger partial charge in [-0.25, -0.2) is 0 Å². The van der Waals surface area contributed by atoms with Crippen molar-refractivity contribution in [3.05, 3.63) is 41.6 Å². The number of aryl methyl sites for hydroxylation is 2. The van der Waals surface area contributed by atoms with Gasteiger partial charge in [-0.05, 0) is 13.8 Å². The molecular formula is C13H14N2O. The molecule has 1 aromatic carbocycles. The number of aldehydes is 1. The fraction of sp³-hybridized carbons (Fsp3) is 0.231. The predicted molar refractivity (Wildman–Crippen MR) is 63.5 cm³/mol. The highest BCUT2D eigenvalue weighted by atomic mass is 16.1. The molecular weight excluding hydrogens is 200 g/mol. The number of rotatable bonds is 3. The first kappa shape index (κ1) is 10.6. The Balaban J connectivity index is 2.49. The molecule has 0 fully saturated rings. The first-order valence-corrected chi connectivity index (χ1v) is 5.34. The highest BCUT2D eigenvalue weighted by Gasteiger charge is 2.09. The molecule has 2 rings (SSSR count). The maximum atomic E-state index is 10.9. The van der Waals surface area contributed by atoms with Crippen LogP contribution in [0.15, 0.2) is 30.5 Å². The van der Waals surface area contributed by atoms with Crippen molar-refractivity contribution < 1.29 is 4.79 Å². The zero-order valence-corrected chi connectivity index (χ0v) is 9.47. The molecule has 0 amide bonds. The molecule has 0 radical (unpaired) electrons. The molecule has 0 aliphatic heterocycles. The van der Waals surface area contributed by atoms with Gasteiger partial charge in [-0.3, -0.25) is 9.48 Å². The zero-order chi connectivity index (χ0) is 11.5. The van der Waals surface area contributed by atoms with Gasteiger partial charge in [0, 0.05) is 18.3 Å². The van der Waals surface area contributed by atoms with Crippen LogP contribution < -0.4 is 0 Å². The minimum atomic E-state index is 0.644. The van der Waals surface area contributed by atoms with Crippen LogP contribution in [0.5, 0.6) is 0 Å². The second kappa shape index (κ2) is 4.31. The molecule has 16 heavy (non-hydrogen) atoms. The van der Waals surface area contributed by atoms with Gasteiger partial charge in [-0.1, -0.05) is 29.8 Å². The summed E-state index contributed by atoms with van der Waals surface area (Å²) in [7, 11) is 0. The van der Waals surface area contributed by atoms with Crippen molar-refractivity contribution >= 4 is 6.29 Å². The van der Waals surface area contributed by atoms with Gasteiger partial charge in [0.2, 0.25) is 0 Å². The van der Waals surface area contributed by atoms with Crippen LogP contribution in [-0.4, -0.2) is 16.1 Å². The van der Waals surface area contributed by atoms with E-state index in [0.717, 1.165) is 24.1 Å². The average molecular weight is 214 g/mol. The van der Waals surface area contributed by atoms with Crippen molar-refractivity contribution in [3.8, 4) is 11.3 Å². The number of hydrogen-bond donors (Lipinski definition) is 0. The lowest BCUT2D eigenvalue weighted by atomic mass is 10.1. The average Bonchev–Trinajstić information content (AvgIpc) is 2.73. The lowest BCUT2D eigenvalue weighted by molar-refractivity contribution is 0.112. The number of nitrogens with zero attached hydrogens (tertiary/aromatic N) is 2. The van der Waals surface area contributed by atoms with Gasteiger partial charge in [0.1, 0.15) is 5.69 Å². The van der Waals surface area contributed by atoms with Gasteiger partial charge < -0.3 is 0 Å². The highest BCUT2D eigenvalue weighted by Crippen LogP contribution is 2.21. The Morgan fingerprint density at radius 3 is 2.56 bits per heavy atom. The van der Waals surface area contributed by atoms with E-state index in [-0.39, 0.29) is 0 Å². The minimum absolute atomic E-state index is 0.644. The van der Waals surface area contributed by atoms with E-state index in [1.54, 1.807) is 10.9 Å². The molecule has 0 spiro atoms. The van der Waals surface area contributed by atoms with Crippen LogP contribution >= 0.6 is 0 Å². The Morgan fingerprint density at radius 2 is 2.00 bits per heavy atom. The van der Waals surface area contributed by atoms with Gasteiger partial charge in [0.15, 0.2) is 6.29 Å². The van der Waals surface area contributed by atoms with Gasteiger partial charge in [0.05, 0.1) is 5.56 Å². The van der Waals surface area contributed by atoms with Crippen LogP contribution in [0.4, 0.5) is 0 Å². The highest BCUT2D eigenvalue weighted by molar-refractivity contribution is 5.85. The summed E-state index contributed by atoms with van der Waals surface area (Å²) < 4.78 is 1.78. The Labute approximate surface area is 94.7 Å². The molecule has 0 unspecified atom stereocenters. The molecule has 1 heterocycles. The monoisotopic (exact) mass is 214 g/mol. The number of hydrogen-bond acceptors (Lipinski definition) is 2. The van der Waals surface area contributed by atoms with Crippen LogP contribution in [0.2, 0.25) is 0 Å². The number of benzene rings is 1. The summed E-state index contributed by atoms with van der Waals surface area (Å²) in [6.45, 7) is 4.81. The van der Waals surface area contributed by atoms with E-state index < -0.39 is 0 Å². The van der Waals surface area contributed by atoms with Crippen LogP contribution in [0.1, 0.15) is 22.8 Å². The van der Waals surface area contributed by atoms with Crippen LogP contribution in [-0.2, 0) is 6.54 Å². The summed E-state index contributed by atoms with van der Waals surface area (Å²) in [5.74, 6) is 0. The molecule has 3 nitrogen and oxygen atoms in total. The molecule has 1 aromatic heterocycles. The summed E-state index contributed by atoms with van der Waals surface area (Å²) in [6.07, 6.45) is 2.64. The predicted octanol–water partition coefficient (Wildman–Crippen LogP) is 2.69. The zero-order valence-electron chi connectivity index (χ0n) is 9.47. The fourth-order valence-corrected chi connectivity index (χ4v) is 1.62. The van der Waals surface area contributed by atoms with Crippen LogP contribution in [0.25, 0.3) is 11.3 Å². The fourth-order valence-electron chi connectivity index (χ4n) is 1.62. The smallest absolute Gasteiger partial charge is 0.153 e. The van der Waals surface area contributed by atoms with E-state index in [2.05, 4.69) is 5.10 Å². The van der Waals surface area contributed by atoms with E-state index in [1.807, 2.05) is 38.1 Å². The lowest BCUT2D eigenvalue weighted by Gasteiger charge is -1.98. The van der Waals surface area contributed by atoms with Gasteiger partial charge >= 0.3 is 0 Å². The van der Waals surface area contributed by atoms with Crippen LogP contribution in [0, 0.1) is 6.92 Å². The Kier molecular flexibility index (Phi) is 2.86. The van der Waals surface area contributed by atoms with E-state index in [9.17, 15) is 4.79 Å².